The van der Waals surface area contributed by atoms with Crippen LogP contribution in [-0.2, 0) is 0 Å². The summed E-state index contributed by atoms with van der Waals surface area (Å²) in [7, 11) is 0. The highest BCUT2D eigenvalue weighted by molar-refractivity contribution is 8.00. The molecule has 2 nitrogen and oxygen atoms in total. The molecule has 0 aromatic heterocycles. The number of rotatable bonds is 2. The summed E-state index contributed by atoms with van der Waals surface area (Å²) >= 11 is 1.94. The number of thioether (sulfide) groups is 1. The first-order chi connectivity index (χ1) is 7.69. The van der Waals surface area contributed by atoms with Crippen LogP contribution >= 0.6 is 11.8 Å². The molecule has 0 aliphatic carbocycles. The first kappa shape index (κ1) is 11.3. The Morgan fingerprint density at radius 2 is 2.38 bits per heavy atom. The lowest BCUT2D eigenvalue weighted by Gasteiger charge is -2.13. The van der Waals surface area contributed by atoms with E-state index < -0.39 is 5.82 Å². The van der Waals surface area contributed by atoms with E-state index in [1.807, 2.05) is 17.8 Å². The number of benzene rings is 1. The van der Waals surface area contributed by atoms with Gasteiger partial charge >= 0.3 is 0 Å². The van der Waals surface area contributed by atoms with Crippen LogP contribution in [0.3, 0.4) is 0 Å². The van der Waals surface area contributed by atoms with Crippen molar-refractivity contribution in [1.82, 2.24) is 0 Å². The fourth-order valence-corrected chi connectivity index (χ4v) is 3.00. The number of hydrogen-bond donors (Lipinski definition) is 1. The predicted molar refractivity (Wildman–Crippen MR) is 65.1 cm³/mol. The third-order valence-electron chi connectivity index (χ3n) is 2.66. The van der Waals surface area contributed by atoms with Gasteiger partial charge in [-0.1, -0.05) is 6.92 Å². The fourth-order valence-electron chi connectivity index (χ4n) is 1.85. The first-order valence-electron chi connectivity index (χ1n) is 5.27. The third kappa shape index (κ3) is 2.48. The molecule has 1 fully saturated rings. The minimum Gasteiger partial charge on any atom is -0.381 e. The second kappa shape index (κ2) is 4.75. The molecule has 2 unspecified atom stereocenters. The maximum absolute atomic E-state index is 13.1. The van der Waals surface area contributed by atoms with E-state index in [-0.39, 0.29) is 5.56 Å². The van der Waals surface area contributed by atoms with E-state index >= 15 is 0 Å². The van der Waals surface area contributed by atoms with Crippen molar-refractivity contribution in [3.05, 3.63) is 29.6 Å². The highest BCUT2D eigenvalue weighted by atomic mass is 32.2. The van der Waals surface area contributed by atoms with E-state index in [4.69, 9.17) is 5.26 Å². The molecule has 0 spiro atoms. The number of nitrogens with one attached hydrogen (secondary N) is 1. The van der Waals surface area contributed by atoms with E-state index in [0.29, 0.717) is 11.3 Å². The van der Waals surface area contributed by atoms with E-state index in [9.17, 15) is 4.39 Å². The molecular formula is C12H13FN2S. The number of nitrogens with zero attached hydrogens (tertiary/aromatic N) is 1. The third-order valence-corrected chi connectivity index (χ3v) is 4.01. The molecule has 0 bridgehead atoms. The van der Waals surface area contributed by atoms with E-state index in [0.717, 1.165) is 17.9 Å². The molecule has 0 saturated carbocycles. The summed E-state index contributed by atoms with van der Waals surface area (Å²) < 4.78 is 13.1. The van der Waals surface area contributed by atoms with Crippen molar-refractivity contribution in [2.45, 2.75) is 24.6 Å². The van der Waals surface area contributed by atoms with E-state index in [1.165, 1.54) is 6.07 Å². The van der Waals surface area contributed by atoms with Gasteiger partial charge in [-0.15, -0.1) is 0 Å². The van der Waals surface area contributed by atoms with Crippen LogP contribution in [0.5, 0.6) is 0 Å². The van der Waals surface area contributed by atoms with Gasteiger partial charge in [-0.3, -0.25) is 0 Å². The monoisotopic (exact) mass is 236 g/mol. The Bertz CT molecular complexity index is 428. The highest BCUT2D eigenvalue weighted by Crippen LogP contribution is 2.28. The summed E-state index contributed by atoms with van der Waals surface area (Å²) in [5.41, 5.74) is 0.932. The summed E-state index contributed by atoms with van der Waals surface area (Å²) in [5.74, 6) is 0.614. The van der Waals surface area contributed by atoms with Gasteiger partial charge in [0.1, 0.15) is 11.9 Å². The zero-order chi connectivity index (χ0) is 11.5. The Labute approximate surface area is 98.8 Å². The molecule has 4 heteroatoms. The van der Waals surface area contributed by atoms with Crippen molar-refractivity contribution in [1.29, 1.82) is 5.26 Å². The Hall–Kier alpha value is -1.21. The maximum atomic E-state index is 13.1. The summed E-state index contributed by atoms with van der Waals surface area (Å²) in [5, 5.41) is 12.7. The van der Waals surface area contributed by atoms with Crippen molar-refractivity contribution >= 4 is 17.4 Å². The molecule has 2 atom stereocenters. The van der Waals surface area contributed by atoms with E-state index in [2.05, 4.69) is 12.2 Å². The van der Waals surface area contributed by atoms with E-state index in [1.54, 1.807) is 12.1 Å². The topological polar surface area (TPSA) is 35.8 Å². The number of nitriles is 1. The molecular weight excluding hydrogens is 223 g/mol. The molecule has 2 rings (SSSR count). The fraction of sp³-hybridized carbons (Fsp3) is 0.417. The molecule has 0 radical (unpaired) electrons. The van der Waals surface area contributed by atoms with Gasteiger partial charge in [-0.25, -0.2) is 4.39 Å². The van der Waals surface area contributed by atoms with Crippen molar-refractivity contribution in [3.63, 3.8) is 0 Å². The lowest BCUT2D eigenvalue weighted by molar-refractivity contribution is 0.624. The number of anilines is 1. The van der Waals surface area contributed by atoms with Crippen molar-refractivity contribution in [3.8, 4) is 6.07 Å². The van der Waals surface area contributed by atoms with Crippen LogP contribution in [0.15, 0.2) is 18.2 Å². The number of hydrogen-bond acceptors (Lipinski definition) is 3. The lowest BCUT2D eigenvalue weighted by atomic mass is 10.1. The van der Waals surface area contributed by atoms with Gasteiger partial charge in [-0.2, -0.15) is 17.0 Å². The summed E-state index contributed by atoms with van der Waals surface area (Å²) in [6.07, 6.45) is 1.12. The molecule has 1 aromatic carbocycles. The second-order valence-corrected chi connectivity index (χ2v) is 5.50. The quantitative estimate of drug-likeness (QED) is 0.857. The molecule has 1 heterocycles. The number of halogens is 1. The van der Waals surface area contributed by atoms with Gasteiger partial charge in [0.05, 0.1) is 5.56 Å². The molecule has 84 valence electrons. The molecule has 1 N–H and O–H groups in total. The van der Waals surface area contributed by atoms with Gasteiger partial charge in [-0.05, 0) is 24.6 Å². The van der Waals surface area contributed by atoms with Crippen LogP contribution in [0.25, 0.3) is 0 Å². The molecule has 1 aromatic rings. The van der Waals surface area contributed by atoms with Crippen LogP contribution in [0.1, 0.15) is 18.9 Å². The van der Waals surface area contributed by atoms with Crippen LogP contribution in [-0.4, -0.2) is 17.0 Å². The molecule has 1 aliphatic rings. The van der Waals surface area contributed by atoms with Crippen molar-refractivity contribution < 1.29 is 4.39 Å². The molecule has 0 amide bonds. The Morgan fingerprint density at radius 1 is 1.56 bits per heavy atom. The molecule has 16 heavy (non-hydrogen) atoms. The molecule has 1 aliphatic heterocycles. The average Bonchev–Trinajstić information content (AvgIpc) is 2.67. The Morgan fingerprint density at radius 3 is 3.00 bits per heavy atom. The Balaban J connectivity index is 2.08. The normalized spacial score (nSPS) is 24.1. The zero-order valence-corrected chi connectivity index (χ0v) is 9.85. The lowest BCUT2D eigenvalue weighted by Crippen LogP contribution is -2.18. The predicted octanol–water partition coefficient (Wildman–Crippen LogP) is 3.00. The van der Waals surface area contributed by atoms with Crippen molar-refractivity contribution in [2.24, 2.45) is 0 Å². The van der Waals surface area contributed by atoms with Gasteiger partial charge in [0.15, 0.2) is 0 Å². The second-order valence-electron chi connectivity index (χ2n) is 4.03. The molecule has 1 saturated heterocycles. The van der Waals surface area contributed by atoms with Gasteiger partial charge in [0.25, 0.3) is 0 Å². The van der Waals surface area contributed by atoms with Crippen LogP contribution in [0.2, 0.25) is 0 Å². The van der Waals surface area contributed by atoms with Gasteiger partial charge < -0.3 is 5.32 Å². The largest absolute Gasteiger partial charge is 0.381 e. The van der Waals surface area contributed by atoms with Crippen LogP contribution < -0.4 is 5.32 Å². The van der Waals surface area contributed by atoms with Crippen LogP contribution in [0.4, 0.5) is 10.1 Å². The minimum atomic E-state index is -0.456. The maximum Gasteiger partial charge on any atom is 0.141 e. The SMILES string of the molecule is CC1CC(Nc2ccc(F)c(C#N)c2)CS1. The first-order valence-corrected chi connectivity index (χ1v) is 6.31. The average molecular weight is 236 g/mol. The summed E-state index contributed by atoms with van der Waals surface area (Å²) in [6, 6.07) is 6.87. The minimum absolute atomic E-state index is 0.101. The van der Waals surface area contributed by atoms with Crippen LogP contribution in [0, 0.1) is 17.1 Å². The Kier molecular flexibility index (Phi) is 3.35. The highest BCUT2D eigenvalue weighted by Gasteiger charge is 2.21. The smallest absolute Gasteiger partial charge is 0.141 e. The van der Waals surface area contributed by atoms with Crippen molar-refractivity contribution in [2.75, 3.05) is 11.1 Å². The van der Waals surface area contributed by atoms with Gasteiger partial charge in [0, 0.05) is 22.7 Å². The standard InChI is InChI=1S/C12H13FN2S/c1-8-4-11(7-16-8)15-10-2-3-12(13)9(5-10)6-14/h2-3,5,8,11,15H,4,7H2,1H3. The zero-order valence-electron chi connectivity index (χ0n) is 9.03. The summed E-state index contributed by atoms with van der Waals surface area (Å²) in [6.45, 7) is 2.21. The summed E-state index contributed by atoms with van der Waals surface area (Å²) in [4.78, 5) is 0. The van der Waals surface area contributed by atoms with Gasteiger partial charge in [0.2, 0.25) is 0 Å².